The van der Waals surface area contributed by atoms with Crippen LogP contribution in [0.15, 0.2) is 60.7 Å². The smallest absolute Gasteiger partial charge is 0.0593 e. The van der Waals surface area contributed by atoms with Crippen molar-refractivity contribution in [2.24, 2.45) is 5.92 Å². The third-order valence-electron chi connectivity index (χ3n) is 3.33. The largest absolute Gasteiger partial charge is 0.378 e. The van der Waals surface area contributed by atoms with E-state index in [-0.39, 0.29) is 12.0 Å². The van der Waals surface area contributed by atoms with E-state index in [0.717, 1.165) is 9.88 Å². The molecule has 0 radical (unpaired) electrons. The van der Waals surface area contributed by atoms with Gasteiger partial charge in [0.2, 0.25) is 0 Å². The maximum Gasteiger partial charge on any atom is 0.0593 e. The average Bonchev–Trinajstić information content (AvgIpc) is 2.53. The Labute approximate surface area is 130 Å². The molecule has 2 rings (SSSR count). The first-order valence-electron chi connectivity index (χ1n) is 6.66. The summed E-state index contributed by atoms with van der Waals surface area (Å²) in [6.07, 6.45) is 2.05. The molecule has 0 bridgehead atoms. The van der Waals surface area contributed by atoms with Crippen molar-refractivity contribution >= 4 is 33.9 Å². The van der Waals surface area contributed by atoms with Crippen LogP contribution in [0.4, 0.5) is 5.69 Å². The Morgan fingerprint density at radius 1 is 1.00 bits per heavy atom. The van der Waals surface area contributed by atoms with Crippen LogP contribution in [0, 0.1) is 5.92 Å². The van der Waals surface area contributed by atoms with Crippen molar-refractivity contribution in [2.75, 3.05) is 11.6 Å². The van der Waals surface area contributed by atoms with E-state index >= 15 is 0 Å². The minimum absolute atomic E-state index is 0.193. The first-order valence-corrected chi connectivity index (χ1v) is 8.30. The zero-order valence-corrected chi connectivity index (χ0v) is 13.4. The Morgan fingerprint density at radius 2 is 1.55 bits per heavy atom. The highest BCUT2D eigenvalue weighted by molar-refractivity contribution is 8.22. The van der Waals surface area contributed by atoms with Gasteiger partial charge in [0, 0.05) is 11.6 Å². The minimum atomic E-state index is 0.193. The first kappa shape index (κ1) is 15.1. The minimum Gasteiger partial charge on any atom is -0.378 e. The number of benzene rings is 2. The van der Waals surface area contributed by atoms with Crippen LogP contribution in [0.5, 0.6) is 0 Å². The molecule has 0 aromatic heterocycles. The second kappa shape index (κ2) is 7.46. The lowest BCUT2D eigenvalue weighted by molar-refractivity contribution is 0.651. The summed E-state index contributed by atoms with van der Waals surface area (Å²) in [5.41, 5.74) is 2.39. The second-order valence-electron chi connectivity index (χ2n) is 4.71. The van der Waals surface area contributed by atoms with Crippen molar-refractivity contribution in [1.29, 1.82) is 0 Å². The maximum absolute atomic E-state index is 5.49. The summed E-state index contributed by atoms with van der Waals surface area (Å²) in [6.45, 7) is 2.19. The first-order chi connectivity index (χ1) is 9.72. The number of rotatable bonds is 5. The summed E-state index contributed by atoms with van der Waals surface area (Å²) >= 11 is 7.15. The van der Waals surface area contributed by atoms with Crippen LogP contribution < -0.4 is 5.32 Å². The highest BCUT2D eigenvalue weighted by Crippen LogP contribution is 2.30. The Bertz CT molecular complexity index is 539. The van der Waals surface area contributed by atoms with Crippen LogP contribution in [0.2, 0.25) is 0 Å². The molecule has 0 amide bonds. The van der Waals surface area contributed by atoms with Crippen molar-refractivity contribution in [2.45, 2.75) is 13.0 Å². The fourth-order valence-electron chi connectivity index (χ4n) is 2.19. The van der Waals surface area contributed by atoms with Gasteiger partial charge in [-0.1, -0.05) is 67.7 Å². The molecule has 0 spiro atoms. The van der Waals surface area contributed by atoms with Crippen LogP contribution >= 0.6 is 24.0 Å². The summed E-state index contributed by atoms with van der Waals surface area (Å²) in [7, 11) is 0. The number of hydrogen-bond donors (Lipinski definition) is 1. The number of anilines is 1. The summed E-state index contributed by atoms with van der Waals surface area (Å²) in [5, 5.41) is 3.61. The Kier molecular flexibility index (Phi) is 5.62. The SMILES string of the molecule is CSC(=S)[C@H](C)[C@H](Nc1ccccc1)c1ccccc1. The van der Waals surface area contributed by atoms with E-state index in [9.17, 15) is 0 Å². The number of thiocarbonyl (C=S) groups is 1. The van der Waals surface area contributed by atoms with E-state index in [1.165, 1.54) is 5.56 Å². The molecular formula is C17H19NS2. The molecule has 20 heavy (non-hydrogen) atoms. The number of para-hydroxylation sites is 1. The van der Waals surface area contributed by atoms with Gasteiger partial charge in [-0.25, -0.2) is 0 Å². The van der Waals surface area contributed by atoms with Crippen LogP contribution in [-0.2, 0) is 0 Å². The molecule has 2 atom stereocenters. The molecule has 0 aliphatic heterocycles. The normalized spacial score (nSPS) is 13.5. The van der Waals surface area contributed by atoms with Gasteiger partial charge < -0.3 is 5.32 Å². The van der Waals surface area contributed by atoms with E-state index in [1.807, 2.05) is 30.5 Å². The van der Waals surface area contributed by atoms with Crippen LogP contribution in [0.25, 0.3) is 0 Å². The van der Waals surface area contributed by atoms with E-state index in [4.69, 9.17) is 12.2 Å². The predicted octanol–water partition coefficient (Wildman–Crippen LogP) is 5.17. The molecular weight excluding hydrogens is 282 g/mol. The number of nitrogens with one attached hydrogen (secondary N) is 1. The van der Waals surface area contributed by atoms with Crippen molar-refractivity contribution in [3.8, 4) is 0 Å². The van der Waals surface area contributed by atoms with E-state index in [1.54, 1.807) is 11.8 Å². The van der Waals surface area contributed by atoms with Gasteiger partial charge in [0.05, 0.1) is 10.2 Å². The molecule has 2 aromatic rings. The Hall–Kier alpha value is -1.32. The topological polar surface area (TPSA) is 12.0 Å². The van der Waals surface area contributed by atoms with Crippen LogP contribution in [0.3, 0.4) is 0 Å². The highest BCUT2D eigenvalue weighted by Gasteiger charge is 2.22. The molecule has 0 fully saturated rings. The predicted molar refractivity (Wildman–Crippen MR) is 94.5 cm³/mol. The Balaban J connectivity index is 2.27. The molecule has 0 heterocycles. The van der Waals surface area contributed by atoms with E-state index in [0.29, 0.717) is 0 Å². The fourth-order valence-corrected chi connectivity index (χ4v) is 2.84. The molecule has 0 unspecified atom stereocenters. The lowest BCUT2D eigenvalue weighted by atomic mass is 9.95. The zero-order chi connectivity index (χ0) is 14.4. The standard InChI is InChI=1S/C17H19NS2/c1-13(17(19)20-2)16(14-9-5-3-6-10-14)18-15-11-7-4-8-12-15/h3-13,16,18H,1-2H3/t13-,16+/m1/s1. The molecule has 3 heteroatoms. The molecule has 0 aliphatic rings. The number of hydrogen-bond acceptors (Lipinski definition) is 3. The lowest BCUT2D eigenvalue weighted by Crippen LogP contribution is -2.23. The summed E-state index contributed by atoms with van der Waals surface area (Å²) < 4.78 is 1.03. The molecule has 1 N–H and O–H groups in total. The molecule has 0 saturated heterocycles. The summed E-state index contributed by atoms with van der Waals surface area (Å²) in [5.74, 6) is 0.280. The number of thioether (sulfide) groups is 1. The van der Waals surface area contributed by atoms with Gasteiger partial charge in [-0.2, -0.15) is 0 Å². The van der Waals surface area contributed by atoms with E-state index in [2.05, 4.69) is 48.6 Å². The summed E-state index contributed by atoms with van der Waals surface area (Å²) in [4.78, 5) is 0. The Morgan fingerprint density at radius 3 is 2.10 bits per heavy atom. The van der Waals surface area contributed by atoms with Gasteiger partial charge in [0.25, 0.3) is 0 Å². The molecule has 2 aromatic carbocycles. The van der Waals surface area contributed by atoms with Crippen LogP contribution in [0.1, 0.15) is 18.5 Å². The average molecular weight is 301 g/mol. The van der Waals surface area contributed by atoms with Gasteiger partial charge >= 0.3 is 0 Å². The van der Waals surface area contributed by atoms with E-state index < -0.39 is 0 Å². The maximum atomic E-state index is 5.49. The molecule has 104 valence electrons. The molecule has 1 nitrogen and oxygen atoms in total. The third kappa shape index (κ3) is 3.84. The molecule has 0 aliphatic carbocycles. The third-order valence-corrected chi connectivity index (χ3v) is 4.97. The van der Waals surface area contributed by atoms with Crippen molar-refractivity contribution in [3.63, 3.8) is 0 Å². The van der Waals surface area contributed by atoms with Crippen molar-refractivity contribution < 1.29 is 0 Å². The van der Waals surface area contributed by atoms with Gasteiger partial charge in [-0.15, -0.1) is 11.8 Å². The van der Waals surface area contributed by atoms with Gasteiger partial charge in [0.1, 0.15) is 0 Å². The van der Waals surface area contributed by atoms with Crippen LogP contribution in [-0.4, -0.2) is 10.5 Å². The molecule has 0 saturated carbocycles. The monoisotopic (exact) mass is 301 g/mol. The highest BCUT2D eigenvalue weighted by atomic mass is 32.2. The fraction of sp³-hybridized carbons (Fsp3) is 0.235. The zero-order valence-electron chi connectivity index (χ0n) is 11.7. The van der Waals surface area contributed by atoms with Crippen molar-refractivity contribution in [3.05, 3.63) is 66.2 Å². The lowest BCUT2D eigenvalue weighted by Gasteiger charge is -2.26. The quantitative estimate of drug-likeness (QED) is 0.765. The van der Waals surface area contributed by atoms with Gasteiger partial charge in [-0.3, -0.25) is 0 Å². The summed E-state index contributed by atoms with van der Waals surface area (Å²) in [6, 6.07) is 21.0. The van der Waals surface area contributed by atoms with Gasteiger partial charge in [0.15, 0.2) is 0 Å². The van der Waals surface area contributed by atoms with Crippen molar-refractivity contribution in [1.82, 2.24) is 0 Å². The second-order valence-corrected chi connectivity index (χ2v) is 6.26. The van der Waals surface area contributed by atoms with Gasteiger partial charge in [-0.05, 0) is 24.0 Å².